The van der Waals surface area contributed by atoms with Crippen molar-refractivity contribution in [2.45, 2.75) is 34.1 Å². The van der Waals surface area contributed by atoms with Crippen molar-refractivity contribution in [2.75, 3.05) is 20.1 Å². The first-order valence-corrected chi connectivity index (χ1v) is 5.89. The van der Waals surface area contributed by atoms with E-state index < -0.39 is 11.9 Å². The highest BCUT2D eigenvalue weighted by molar-refractivity contribution is 5.75. The van der Waals surface area contributed by atoms with Gasteiger partial charge in [-0.1, -0.05) is 27.7 Å². The zero-order valence-electron chi connectivity index (χ0n) is 11.4. The summed E-state index contributed by atoms with van der Waals surface area (Å²) in [6.45, 7) is 8.74. The monoisotopic (exact) mass is 244 g/mol. The summed E-state index contributed by atoms with van der Waals surface area (Å²) in [6, 6.07) is -0.223. The summed E-state index contributed by atoms with van der Waals surface area (Å²) in [5.41, 5.74) is 0.0308. The van der Waals surface area contributed by atoms with Gasteiger partial charge in [-0.3, -0.25) is 4.79 Å². The Bertz CT molecular complexity index is 271. The van der Waals surface area contributed by atoms with E-state index in [1.165, 1.54) is 0 Å². The molecule has 0 rings (SSSR count). The second-order valence-electron chi connectivity index (χ2n) is 5.55. The Kier molecular flexibility index (Phi) is 5.99. The van der Waals surface area contributed by atoms with Gasteiger partial charge in [0.25, 0.3) is 0 Å². The van der Waals surface area contributed by atoms with Gasteiger partial charge in [0, 0.05) is 20.1 Å². The molecule has 0 saturated carbocycles. The van der Waals surface area contributed by atoms with Crippen LogP contribution in [-0.2, 0) is 4.79 Å². The number of carboxylic acid groups (broad SMARTS) is 1. The van der Waals surface area contributed by atoms with E-state index in [1.54, 1.807) is 18.9 Å². The molecule has 0 aliphatic rings. The van der Waals surface area contributed by atoms with Crippen LogP contribution in [0.25, 0.3) is 0 Å². The second-order valence-corrected chi connectivity index (χ2v) is 5.55. The summed E-state index contributed by atoms with van der Waals surface area (Å²) in [5.74, 6) is -1.38. The number of hydrogen-bond donors (Lipinski definition) is 2. The van der Waals surface area contributed by atoms with E-state index in [-0.39, 0.29) is 18.0 Å². The van der Waals surface area contributed by atoms with Gasteiger partial charge in [0.05, 0.1) is 5.92 Å². The van der Waals surface area contributed by atoms with Crippen molar-refractivity contribution >= 4 is 12.0 Å². The lowest BCUT2D eigenvalue weighted by Gasteiger charge is -2.27. The number of nitrogens with one attached hydrogen (secondary N) is 1. The van der Waals surface area contributed by atoms with E-state index in [4.69, 9.17) is 5.11 Å². The van der Waals surface area contributed by atoms with Gasteiger partial charge < -0.3 is 15.3 Å². The van der Waals surface area contributed by atoms with Gasteiger partial charge in [0.15, 0.2) is 0 Å². The van der Waals surface area contributed by atoms with Crippen molar-refractivity contribution in [3.8, 4) is 0 Å². The molecule has 2 N–H and O–H groups in total. The van der Waals surface area contributed by atoms with Crippen molar-refractivity contribution in [3.63, 3.8) is 0 Å². The zero-order valence-corrected chi connectivity index (χ0v) is 11.4. The minimum atomic E-state index is -0.869. The molecule has 0 aromatic heterocycles. The number of amides is 2. The van der Waals surface area contributed by atoms with Gasteiger partial charge in [0.1, 0.15) is 0 Å². The van der Waals surface area contributed by atoms with Crippen molar-refractivity contribution in [2.24, 2.45) is 11.3 Å². The Morgan fingerprint density at radius 1 is 1.35 bits per heavy atom. The summed E-state index contributed by atoms with van der Waals surface area (Å²) in [4.78, 5) is 24.0. The predicted octanol–water partition coefficient (Wildman–Crippen LogP) is 1.78. The molecule has 5 nitrogen and oxygen atoms in total. The van der Waals surface area contributed by atoms with Crippen LogP contribution in [0.2, 0.25) is 0 Å². The number of hydrogen-bond acceptors (Lipinski definition) is 2. The Morgan fingerprint density at radius 3 is 2.24 bits per heavy atom. The Hall–Kier alpha value is -1.26. The fourth-order valence-electron chi connectivity index (χ4n) is 1.54. The first kappa shape index (κ1) is 15.7. The third kappa shape index (κ3) is 6.81. The number of carbonyl (C=O) groups excluding carboxylic acids is 1. The van der Waals surface area contributed by atoms with E-state index in [0.717, 1.165) is 0 Å². The summed E-state index contributed by atoms with van der Waals surface area (Å²) in [5, 5.41) is 11.5. The van der Waals surface area contributed by atoms with Gasteiger partial charge in [-0.2, -0.15) is 0 Å². The van der Waals surface area contributed by atoms with Crippen LogP contribution in [0.4, 0.5) is 4.79 Å². The first-order valence-electron chi connectivity index (χ1n) is 5.89. The number of carboxylic acids is 1. The lowest BCUT2D eigenvalue weighted by Crippen LogP contribution is -2.43. The van der Waals surface area contributed by atoms with Crippen molar-refractivity contribution in [1.29, 1.82) is 0 Å². The maximum atomic E-state index is 11.7. The molecule has 0 bridgehead atoms. The Morgan fingerprint density at radius 2 is 1.88 bits per heavy atom. The van der Waals surface area contributed by atoms with Crippen LogP contribution in [-0.4, -0.2) is 42.1 Å². The Labute approximate surface area is 103 Å². The molecule has 0 fully saturated rings. The van der Waals surface area contributed by atoms with E-state index in [9.17, 15) is 9.59 Å². The highest BCUT2D eigenvalue weighted by atomic mass is 16.4. The number of nitrogens with zero attached hydrogens (tertiary/aromatic N) is 1. The second kappa shape index (κ2) is 6.47. The molecule has 0 heterocycles. The SMILES string of the molecule is CCC(CNC(=O)N(C)CC(C)(C)C)C(=O)O. The summed E-state index contributed by atoms with van der Waals surface area (Å²) in [7, 11) is 1.71. The summed E-state index contributed by atoms with van der Waals surface area (Å²) < 4.78 is 0. The minimum Gasteiger partial charge on any atom is -0.481 e. The molecule has 5 heteroatoms. The topological polar surface area (TPSA) is 69.6 Å². The average Bonchev–Trinajstić information content (AvgIpc) is 2.15. The molecule has 0 aromatic carbocycles. The van der Waals surface area contributed by atoms with E-state index in [0.29, 0.717) is 13.0 Å². The largest absolute Gasteiger partial charge is 0.481 e. The molecule has 17 heavy (non-hydrogen) atoms. The van der Waals surface area contributed by atoms with Crippen LogP contribution in [0.15, 0.2) is 0 Å². The normalized spacial score (nSPS) is 13.0. The number of urea groups is 1. The smallest absolute Gasteiger partial charge is 0.317 e. The van der Waals surface area contributed by atoms with Crippen molar-refractivity contribution < 1.29 is 14.7 Å². The number of rotatable bonds is 5. The van der Waals surface area contributed by atoms with Crippen LogP contribution in [0.5, 0.6) is 0 Å². The van der Waals surface area contributed by atoms with Gasteiger partial charge in [-0.25, -0.2) is 4.79 Å². The number of aliphatic carboxylic acids is 1. The van der Waals surface area contributed by atoms with Crippen molar-refractivity contribution in [1.82, 2.24) is 10.2 Å². The molecule has 0 aliphatic carbocycles. The Balaban J connectivity index is 4.13. The van der Waals surface area contributed by atoms with E-state index in [2.05, 4.69) is 5.32 Å². The predicted molar refractivity (Wildman–Crippen MR) is 66.9 cm³/mol. The average molecular weight is 244 g/mol. The fraction of sp³-hybridized carbons (Fsp3) is 0.833. The van der Waals surface area contributed by atoms with E-state index >= 15 is 0 Å². The minimum absolute atomic E-state index is 0.0308. The van der Waals surface area contributed by atoms with Crippen LogP contribution < -0.4 is 5.32 Å². The third-order valence-corrected chi connectivity index (χ3v) is 2.40. The molecule has 2 amide bonds. The maximum Gasteiger partial charge on any atom is 0.317 e. The first-order chi connectivity index (χ1) is 7.67. The van der Waals surface area contributed by atoms with Gasteiger partial charge in [0.2, 0.25) is 0 Å². The fourth-order valence-corrected chi connectivity index (χ4v) is 1.54. The van der Waals surface area contributed by atoms with Crippen molar-refractivity contribution in [3.05, 3.63) is 0 Å². The highest BCUT2D eigenvalue weighted by Gasteiger charge is 2.20. The molecule has 0 radical (unpaired) electrons. The summed E-state index contributed by atoms with van der Waals surface area (Å²) in [6.07, 6.45) is 0.512. The molecular formula is C12H24N2O3. The number of carbonyl (C=O) groups is 2. The standard InChI is InChI=1S/C12H24N2O3/c1-6-9(10(15)16)7-13-11(17)14(5)8-12(2,3)4/h9H,6-8H2,1-5H3,(H,13,17)(H,15,16). The molecule has 1 atom stereocenters. The molecule has 0 saturated heterocycles. The van der Waals surface area contributed by atoms with Gasteiger partial charge >= 0.3 is 12.0 Å². The lowest BCUT2D eigenvalue weighted by atomic mass is 9.96. The van der Waals surface area contributed by atoms with Crippen LogP contribution in [0.3, 0.4) is 0 Å². The molecule has 0 aromatic rings. The van der Waals surface area contributed by atoms with Gasteiger partial charge in [-0.15, -0.1) is 0 Å². The summed E-state index contributed by atoms with van der Waals surface area (Å²) >= 11 is 0. The highest BCUT2D eigenvalue weighted by Crippen LogP contribution is 2.14. The molecular weight excluding hydrogens is 220 g/mol. The van der Waals surface area contributed by atoms with Crippen LogP contribution >= 0.6 is 0 Å². The molecule has 0 spiro atoms. The molecule has 100 valence electrons. The quantitative estimate of drug-likeness (QED) is 0.774. The van der Waals surface area contributed by atoms with E-state index in [1.807, 2.05) is 20.8 Å². The molecule has 0 aliphatic heterocycles. The lowest BCUT2D eigenvalue weighted by molar-refractivity contribution is -0.141. The maximum absolute atomic E-state index is 11.7. The zero-order chi connectivity index (χ0) is 13.6. The van der Waals surface area contributed by atoms with Gasteiger partial charge in [-0.05, 0) is 11.8 Å². The van der Waals surface area contributed by atoms with Crippen LogP contribution in [0.1, 0.15) is 34.1 Å². The molecule has 1 unspecified atom stereocenters. The third-order valence-electron chi connectivity index (χ3n) is 2.40. The van der Waals surface area contributed by atoms with Crippen LogP contribution in [0, 0.1) is 11.3 Å².